The van der Waals surface area contributed by atoms with Crippen LogP contribution >= 0.6 is 0 Å². The molecule has 0 bridgehead atoms. The number of benzene rings is 2. The lowest BCUT2D eigenvalue weighted by Gasteiger charge is -2.34. The zero-order valence-corrected chi connectivity index (χ0v) is 13.7. The number of likely N-dealkylation sites (N-methyl/N-ethyl adjacent to an activating group) is 1. The predicted octanol–water partition coefficient (Wildman–Crippen LogP) is 3.29. The molecule has 2 heterocycles. The molecule has 0 atom stereocenters. The van der Waals surface area contributed by atoms with Gasteiger partial charge in [-0.2, -0.15) is 0 Å². The quantitative estimate of drug-likeness (QED) is 0.789. The highest BCUT2D eigenvalue weighted by Crippen LogP contribution is 2.24. The van der Waals surface area contributed by atoms with E-state index in [1.54, 1.807) is 0 Å². The summed E-state index contributed by atoms with van der Waals surface area (Å²) in [5.74, 6) is 0.940. The highest BCUT2D eigenvalue weighted by Gasteiger charge is 2.14. The molecule has 1 N–H and O–H groups in total. The Bertz CT molecular complexity index is 811. The fourth-order valence-electron chi connectivity index (χ4n) is 3.15. The first-order valence-electron chi connectivity index (χ1n) is 8.19. The average Bonchev–Trinajstić information content (AvgIpc) is 2.99. The molecule has 0 radical (unpaired) electrons. The van der Waals surface area contributed by atoms with Crippen molar-refractivity contribution in [1.82, 2.24) is 14.9 Å². The molecule has 0 saturated carbocycles. The number of piperazine rings is 1. The molecule has 4 nitrogen and oxygen atoms in total. The second-order valence-corrected chi connectivity index (χ2v) is 6.44. The SMILES string of the molecule is Cc1ccc2nc(-c3ccc(N4CCN(C)CC4)cc3)[nH]c2c1. The fraction of sp³-hybridized carbons (Fsp3) is 0.316. The number of aromatic amines is 1. The number of hydrogen-bond donors (Lipinski definition) is 1. The van der Waals surface area contributed by atoms with Crippen LogP contribution in [0.25, 0.3) is 22.4 Å². The monoisotopic (exact) mass is 306 g/mol. The van der Waals surface area contributed by atoms with Gasteiger partial charge in [-0.3, -0.25) is 0 Å². The zero-order chi connectivity index (χ0) is 15.8. The molecule has 0 spiro atoms. The minimum atomic E-state index is 0.940. The van der Waals surface area contributed by atoms with Gasteiger partial charge in [0, 0.05) is 37.4 Å². The highest BCUT2D eigenvalue weighted by molar-refractivity contribution is 5.80. The first-order chi connectivity index (χ1) is 11.2. The van der Waals surface area contributed by atoms with Gasteiger partial charge >= 0.3 is 0 Å². The number of aryl methyl sites for hydroxylation is 1. The number of anilines is 1. The van der Waals surface area contributed by atoms with Crippen molar-refractivity contribution in [2.75, 3.05) is 38.1 Å². The van der Waals surface area contributed by atoms with Gasteiger partial charge in [0.05, 0.1) is 11.0 Å². The molecule has 1 saturated heterocycles. The van der Waals surface area contributed by atoms with Crippen molar-refractivity contribution in [3.05, 3.63) is 48.0 Å². The summed E-state index contributed by atoms with van der Waals surface area (Å²) in [4.78, 5) is 13.0. The molecule has 2 aromatic carbocycles. The smallest absolute Gasteiger partial charge is 0.138 e. The van der Waals surface area contributed by atoms with Crippen molar-refractivity contribution in [3.63, 3.8) is 0 Å². The van der Waals surface area contributed by atoms with E-state index in [1.807, 2.05) is 0 Å². The van der Waals surface area contributed by atoms with Crippen LogP contribution in [0.4, 0.5) is 5.69 Å². The second kappa shape index (κ2) is 5.70. The topological polar surface area (TPSA) is 35.2 Å². The minimum Gasteiger partial charge on any atom is -0.369 e. The Hall–Kier alpha value is -2.33. The number of nitrogens with one attached hydrogen (secondary N) is 1. The van der Waals surface area contributed by atoms with E-state index in [-0.39, 0.29) is 0 Å². The fourth-order valence-corrected chi connectivity index (χ4v) is 3.15. The van der Waals surface area contributed by atoms with Crippen molar-refractivity contribution in [2.45, 2.75) is 6.92 Å². The molecule has 1 aliphatic rings. The highest BCUT2D eigenvalue weighted by atomic mass is 15.2. The van der Waals surface area contributed by atoms with Crippen molar-refractivity contribution in [2.24, 2.45) is 0 Å². The Balaban J connectivity index is 1.59. The first-order valence-corrected chi connectivity index (χ1v) is 8.19. The van der Waals surface area contributed by atoms with Gasteiger partial charge in [0.2, 0.25) is 0 Å². The van der Waals surface area contributed by atoms with Crippen LogP contribution < -0.4 is 4.90 Å². The van der Waals surface area contributed by atoms with E-state index in [2.05, 4.69) is 71.2 Å². The summed E-state index contributed by atoms with van der Waals surface area (Å²) in [6.07, 6.45) is 0. The van der Waals surface area contributed by atoms with E-state index < -0.39 is 0 Å². The third kappa shape index (κ3) is 2.82. The molecule has 1 aromatic heterocycles. The Morgan fingerprint density at radius 3 is 2.43 bits per heavy atom. The van der Waals surface area contributed by atoms with E-state index in [0.717, 1.165) is 48.6 Å². The number of hydrogen-bond acceptors (Lipinski definition) is 3. The predicted molar refractivity (Wildman–Crippen MR) is 96.0 cm³/mol. The van der Waals surface area contributed by atoms with Gasteiger partial charge < -0.3 is 14.8 Å². The molecule has 4 rings (SSSR count). The molecule has 4 heteroatoms. The molecule has 0 aliphatic carbocycles. The molecular weight excluding hydrogens is 284 g/mol. The molecular formula is C19H22N4. The maximum atomic E-state index is 4.70. The number of imidazole rings is 1. The van der Waals surface area contributed by atoms with Crippen LogP contribution in [0.2, 0.25) is 0 Å². The number of aromatic nitrogens is 2. The number of fused-ring (bicyclic) bond motifs is 1. The molecule has 0 unspecified atom stereocenters. The Labute approximate surface area is 136 Å². The maximum Gasteiger partial charge on any atom is 0.138 e. The number of H-pyrrole nitrogens is 1. The zero-order valence-electron chi connectivity index (χ0n) is 13.7. The molecule has 118 valence electrons. The minimum absolute atomic E-state index is 0.940. The van der Waals surface area contributed by atoms with Crippen molar-refractivity contribution in [3.8, 4) is 11.4 Å². The lowest BCUT2D eigenvalue weighted by atomic mass is 10.1. The van der Waals surface area contributed by atoms with Crippen molar-refractivity contribution in [1.29, 1.82) is 0 Å². The van der Waals surface area contributed by atoms with Crippen molar-refractivity contribution < 1.29 is 0 Å². The third-order valence-electron chi connectivity index (χ3n) is 4.65. The van der Waals surface area contributed by atoms with Gasteiger partial charge in [0.1, 0.15) is 5.82 Å². The summed E-state index contributed by atoms with van der Waals surface area (Å²) in [5.41, 5.74) is 5.81. The summed E-state index contributed by atoms with van der Waals surface area (Å²) in [5, 5.41) is 0. The normalized spacial score (nSPS) is 16.2. The summed E-state index contributed by atoms with van der Waals surface area (Å²) in [7, 11) is 2.18. The third-order valence-corrected chi connectivity index (χ3v) is 4.65. The molecule has 1 fully saturated rings. The Morgan fingerprint density at radius 1 is 0.957 bits per heavy atom. The van der Waals surface area contributed by atoms with Gasteiger partial charge in [-0.05, 0) is 55.9 Å². The van der Waals surface area contributed by atoms with Gasteiger partial charge in [0.15, 0.2) is 0 Å². The van der Waals surface area contributed by atoms with Crippen molar-refractivity contribution >= 4 is 16.7 Å². The van der Waals surface area contributed by atoms with Crippen LogP contribution in [0, 0.1) is 6.92 Å². The van der Waals surface area contributed by atoms with Gasteiger partial charge in [-0.25, -0.2) is 4.98 Å². The van der Waals surface area contributed by atoms with Crippen LogP contribution in [0.5, 0.6) is 0 Å². The van der Waals surface area contributed by atoms with E-state index >= 15 is 0 Å². The van der Waals surface area contributed by atoms with Crippen LogP contribution in [0.1, 0.15) is 5.56 Å². The van der Waals surface area contributed by atoms with Gasteiger partial charge in [-0.15, -0.1) is 0 Å². The number of nitrogens with zero attached hydrogens (tertiary/aromatic N) is 3. The average molecular weight is 306 g/mol. The van der Waals surface area contributed by atoms with Crippen LogP contribution in [-0.2, 0) is 0 Å². The molecule has 1 aliphatic heterocycles. The largest absolute Gasteiger partial charge is 0.369 e. The lowest BCUT2D eigenvalue weighted by molar-refractivity contribution is 0.313. The summed E-state index contributed by atoms with van der Waals surface area (Å²) in [6, 6.07) is 15.1. The molecule has 3 aromatic rings. The van der Waals surface area contributed by atoms with E-state index in [4.69, 9.17) is 4.98 Å². The lowest BCUT2D eigenvalue weighted by Crippen LogP contribution is -2.44. The molecule has 23 heavy (non-hydrogen) atoms. The van der Waals surface area contributed by atoms with E-state index in [1.165, 1.54) is 11.3 Å². The number of rotatable bonds is 2. The van der Waals surface area contributed by atoms with Crippen LogP contribution in [0.15, 0.2) is 42.5 Å². The van der Waals surface area contributed by atoms with Crippen LogP contribution in [-0.4, -0.2) is 48.1 Å². The van der Waals surface area contributed by atoms with E-state index in [9.17, 15) is 0 Å². The summed E-state index contributed by atoms with van der Waals surface area (Å²) < 4.78 is 0. The standard InChI is InChI=1S/C19H22N4/c1-14-3-8-17-18(13-14)21-19(20-17)15-4-6-16(7-5-15)23-11-9-22(2)10-12-23/h3-8,13H,9-12H2,1-2H3,(H,20,21). The maximum absolute atomic E-state index is 4.70. The van der Waals surface area contributed by atoms with E-state index in [0.29, 0.717) is 0 Å². The van der Waals surface area contributed by atoms with Gasteiger partial charge in [-0.1, -0.05) is 6.07 Å². The first kappa shape index (κ1) is 14.3. The van der Waals surface area contributed by atoms with Gasteiger partial charge in [0.25, 0.3) is 0 Å². The Morgan fingerprint density at radius 2 is 1.70 bits per heavy atom. The summed E-state index contributed by atoms with van der Waals surface area (Å²) >= 11 is 0. The van der Waals surface area contributed by atoms with Crippen LogP contribution in [0.3, 0.4) is 0 Å². The summed E-state index contributed by atoms with van der Waals surface area (Å²) in [6.45, 7) is 6.56. The molecule has 0 amide bonds. The second-order valence-electron chi connectivity index (χ2n) is 6.44. The Kier molecular flexibility index (Phi) is 3.54.